The molecule has 288 valence electrons. The minimum Gasteiger partial charge on any atom is -0.543 e. The molecule has 1 amide bonds. The zero-order chi connectivity index (χ0) is 39.2. The SMILES string of the molecule is CCOC(=O)OC(CO)CCC(=O)NC(CSCc1c(O[Si](C)(C)C(C)(C)C)cc(OC)c(C)c1C(=O)OCc1ccc([N+](=O)[O-])cc1)C(=O)OC. The van der Waals surface area contributed by atoms with Gasteiger partial charge in [-0.05, 0) is 56.1 Å². The lowest BCUT2D eigenvalue weighted by Crippen LogP contribution is -2.44. The van der Waals surface area contributed by atoms with E-state index in [1.165, 1.54) is 50.2 Å². The maximum atomic E-state index is 13.8. The highest BCUT2D eigenvalue weighted by molar-refractivity contribution is 7.98. The molecular formula is C35H50N2O13SSi. The summed E-state index contributed by atoms with van der Waals surface area (Å²) in [5.74, 6) is -0.903. The Bertz CT molecular complexity index is 1560. The van der Waals surface area contributed by atoms with Crippen LogP contribution in [-0.2, 0) is 40.9 Å². The molecule has 0 aliphatic carbocycles. The fourth-order valence-electron chi connectivity index (χ4n) is 4.50. The predicted molar refractivity (Wildman–Crippen MR) is 196 cm³/mol. The van der Waals surface area contributed by atoms with E-state index in [-0.39, 0.29) is 53.9 Å². The zero-order valence-corrected chi connectivity index (χ0v) is 33.0. The van der Waals surface area contributed by atoms with Crippen molar-refractivity contribution in [1.82, 2.24) is 5.32 Å². The highest BCUT2D eigenvalue weighted by Gasteiger charge is 2.40. The molecule has 2 N–H and O–H groups in total. The molecule has 2 atom stereocenters. The number of hydrogen-bond acceptors (Lipinski definition) is 14. The minimum atomic E-state index is -2.48. The van der Waals surface area contributed by atoms with Crippen molar-refractivity contribution in [2.45, 2.75) is 90.1 Å². The molecule has 52 heavy (non-hydrogen) atoms. The van der Waals surface area contributed by atoms with E-state index in [1.54, 1.807) is 19.9 Å². The lowest BCUT2D eigenvalue weighted by Gasteiger charge is -2.37. The Morgan fingerprint density at radius 1 is 1.06 bits per heavy atom. The fraction of sp³-hybridized carbons (Fsp3) is 0.543. The Kier molecular flexibility index (Phi) is 16.9. The molecule has 15 nitrogen and oxygen atoms in total. The van der Waals surface area contributed by atoms with Crippen LogP contribution in [0.2, 0.25) is 18.1 Å². The number of benzene rings is 2. The van der Waals surface area contributed by atoms with Crippen molar-refractivity contribution in [3.63, 3.8) is 0 Å². The number of nitro groups is 1. The van der Waals surface area contributed by atoms with Gasteiger partial charge in [0.1, 0.15) is 30.3 Å². The number of aliphatic hydroxyl groups excluding tert-OH is 1. The maximum absolute atomic E-state index is 13.8. The van der Waals surface area contributed by atoms with E-state index in [9.17, 15) is 34.4 Å². The zero-order valence-electron chi connectivity index (χ0n) is 31.2. The second-order valence-corrected chi connectivity index (χ2v) is 19.0. The first-order valence-corrected chi connectivity index (χ1v) is 20.6. The van der Waals surface area contributed by atoms with Crippen LogP contribution in [0.3, 0.4) is 0 Å². The van der Waals surface area contributed by atoms with Gasteiger partial charge in [-0.1, -0.05) is 20.8 Å². The second kappa shape index (κ2) is 20.0. The number of carbonyl (C=O) groups excluding carboxylic acids is 4. The van der Waals surface area contributed by atoms with Crippen LogP contribution in [0.4, 0.5) is 10.5 Å². The molecule has 0 fully saturated rings. The highest BCUT2D eigenvalue weighted by atomic mass is 32.2. The lowest BCUT2D eigenvalue weighted by atomic mass is 10.0. The molecule has 2 aromatic rings. The van der Waals surface area contributed by atoms with Crippen LogP contribution in [0.25, 0.3) is 0 Å². The number of methoxy groups -OCH3 is 2. The van der Waals surface area contributed by atoms with Crippen LogP contribution < -0.4 is 14.5 Å². The summed E-state index contributed by atoms with van der Waals surface area (Å²) in [5, 5.41) is 23.0. The summed E-state index contributed by atoms with van der Waals surface area (Å²) in [6, 6.07) is 6.31. The third-order valence-corrected chi connectivity index (χ3v) is 13.9. The van der Waals surface area contributed by atoms with Gasteiger partial charge in [0.05, 0.1) is 37.9 Å². The summed E-state index contributed by atoms with van der Waals surface area (Å²) in [6.07, 6.45) is -2.14. The van der Waals surface area contributed by atoms with E-state index in [0.717, 1.165) is 0 Å². The van der Waals surface area contributed by atoms with E-state index in [0.29, 0.717) is 28.2 Å². The molecule has 17 heteroatoms. The number of amides is 1. The van der Waals surface area contributed by atoms with Crippen molar-refractivity contribution < 1.29 is 57.3 Å². The largest absolute Gasteiger partial charge is 0.543 e. The van der Waals surface area contributed by atoms with Crippen molar-refractivity contribution in [2.24, 2.45) is 0 Å². The summed E-state index contributed by atoms with van der Waals surface area (Å²) >= 11 is 1.24. The van der Waals surface area contributed by atoms with Crippen LogP contribution in [0.15, 0.2) is 30.3 Å². The first kappa shape index (κ1) is 43.8. The van der Waals surface area contributed by atoms with Gasteiger partial charge in [-0.3, -0.25) is 14.9 Å². The van der Waals surface area contributed by atoms with Gasteiger partial charge in [-0.15, -0.1) is 0 Å². The summed E-state index contributed by atoms with van der Waals surface area (Å²) in [4.78, 5) is 61.6. The van der Waals surface area contributed by atoms with Crippen LogP contribution in [0, 0.1) is 17.0 Å². The third kappa shape index (κ3) is 12.7. The summed E-state index contributed by atoms with van der Waals surface area (Å²) < 4.78 is 32.7. The number of hydrogen-bond donors (Lipinski definition) is 2. The highest BCUT2D eigenvalue weighted by Crippen LogP contribution is 2.42. The number of carbonyl (C=O) groups is 4. The van der Waals surface area contributed by atoms with Crippen molar-refractivity contribution in [3.8, 4) is 11.5 Å². The van der Waals surface area contributed by atoms with Crippen LogP contribution in [0.5, 0.6) is 11.5 Å². The molecule has 0 saturated carbocycles. The van der Waals surface area contributed by atoms with E-state index < -0.39 is 56.0 Å². The number of aliphatic hydroxyl groups is 1. The second-order valence-electron chi connectivity index (χ2n) is 13.2. The Labute approximate surface area is 309 Å². The van der Waals surface area contributed by atoms with Crippen LogP contribution in [-0.4, -0.2) is 87.7 Å². The van der Waals surface area contributed by atoms with Crippen molar-refractivity contribution in [2.75, 3.05) is 33.2 Å². The molecule has 0 spiro atoms. The molecule has 2 aromatic carbocycles. The van der Waals surface area contributed by atoms with Gasteiger partial charge in [0, 0.05) is 47.3 Å². The molecule has 0 aromatic heterocycles. The standard InChI is InChI=1S/C35H50N2O13SSi/c1-10-47-34(42)49-25(18-38)15-16-30(39)36-27(32(40)46-7)21-51-20-26-29(50-52(8,9)35(3,4)5)17-28(45-6)22(2)31(26)33(41)48-19-23-11-13-24(14-12-23)37(43)44/h11-14,17,25,27,38H,10,15-16,18-21H2,1-9H3,(H,36,39). The molecule has 2 rings (SSSR count). The van der Waals surface area contributed by atoms with Crippen molar-refractivity contribution >= 4 is 49.8 Å². The van der Waals surface area contributed by atoms with E-state index >= 15 is 0 Å². The van der Waals surface area contributed by atoms with Crippen molar-refractivity contribution in [1.29, 1.82) is 0 Å². The molecule has 0 heterocycles. The van der Waals surface area contributed by atoms with Gasteiger partial charge in [-0.25, -0.2) is 14.4 Å². The number of nitrogens with one attached hydrogen (secondary N) is 1. The van der Waals surface area contributed by atoms with Crippen LogP contribution >= 0.6 is 11.8 Å². The Hall–Kier alpha value is -4.35. The first-order valence-electron chi connectivity index (χ1n) is 16.6. The molecular weight excluding hydrogens is 717 g/mol. The maximum Gasteiger partial charge on any atom is 0.508 e. The third-order valence-electron chi connectivity index (χ3n) is 8.49. The molecule has 0 bridgehead atoms. The lowest BCUT2D eigenvalue weighted by molar-refractivity contribution is -0.384. The number of non-ortho nitro benzene ring substituents is 1. The van der Waals surface area contributed by atoms with Gasteiger partial charge >= 0.3 is 18.1 Å². The average Bonchev–Trinajstić information content (AvgIpc) is 3.08. The topological polar surface area (TPSA) is 199 Å². The van der Waals surface area contributed by atoms with Gasteiger partial charge in [0.15, 0.2) is 0 Å². The Balaban J connectivity index is 2.39. The van der Waals surface area contributed by atoms with Gasteiger partial charge in [0.25, 0.3) is 5.69 Å². The normalized spacial score (nSPS) is 12.6. The van der Waals surface area contributed by atoms with Gasteiger partial charge in [-0.2, -0.15) is 11.8 Å². The van der Waals surface area contributed by atoms with Crippen LogP contribution in [0.1, 0.15) is 67.6 Å². The number of thioether (sulfide) groups is 1. The quantitative estimate of drug-likeness (QED) is 0.0567. The number of nitrogens with zero attached hydrogens (tertiary/aromatic N) is 1. The smallest absolute Gasteiger partial charge is 0.508 e. The monoisotopic (exact) mass is 766 g/mol. The predicted octanol–water partition coefficient (Wildman–Crippen LogP) is 5.86. The average molecular weight is 767 g/mol. The molecule has 2 unspecified atom stereocenters. The van der Waals surface area contributed by atoms with Gasteiger partial charge < -0.3 is 38.5 Å². The summed E-state index contributed by atoms with van der Waals surface area (Å²) in [6.45, 7) is 13.1. The number of esters is 2. The Morgan fingerprint density at radius 2 is 1.71 bits per heavy atom. The molecule has 0 aliphatic rings. The number of ether oxygens (including phenoxy) is 5. The number of rotatable bonds is 19. The van der Waals surface area contributed by atoms with E-state index in [4.69, 9.17) is 28.1 Å². The van der Waals surface area contributed by atoms with Crippen molar-refractivity contribution in [3.05, 3.63) is 62.7 Å². The molecule has 0 radical (unpaired) electrons. The Morgan fingerprint density at radius 3 is 2.25 bits per heavy atom. The van der Waals surface area contributed by atoms with Gasteiger partial charge in [0.2, 0.25) is 14.2 Å². The molecule has 0 saturated heterocycles. The summed E-state index contributed by atoms with van der Waals surface area (Å²) in [7, 11) is 0.196. The number of nitro benzene ring substituents is 1. The summed E-state index contributed by atoms with van der Waals surface area (Å²) in [5.41, 5.74) is 1.65. The molecule has 0 aliphatic heterocycles. The van der Waals surface area contributed by atoms with E-state index in [2.05, 4.69) is 39.2 Å². The van der Waals surface area contributed by atoms with E-state index in [1.807, 2.05) is 0 Å². The first-order chi connectivity index (χ1) is 24.4. The fourth-order valence-corrected chi connectivity index (χ4v) is 6.60. The minimum absolute atomic E-state index is 0.0210.